The summed E-state index contributed by atoms with van der Waals surface area (Å²) in [6.07, 6.45) is 0.342. The van der Waals surface area contributed by atoms with Crippen molar-refractivity contribution in [3.8, 4) is 0 Å². The van der Waals surface area contributed by atoms with Crippen LogP contribution < -0.4 is 11.1 Å². The third-order valence-electron chi connectivity index (χ3n) is 2.42. The van der Waals surface area contributed by atoms with Crippen molar-refractivity contribution in [1.29, 1.82) is 0 Å². The zero-order chi connectivity index (χ0) is 12.8. The van der Waals surface area contributed by atoms with E-state index in [0.717, 1.165) is 10.0 Å². The molecule has 0 radical (unpaired) electrons. The van der Waals surface area contributed by atoms with E-state index in [1.54, 1.807) is 12.1 Å². The lowest BCUT2D eigenvalue weighted by molar-refractivity contribution is -0.120. The van der Waals surface area contributed by atoms with Gasteiger partial charge in [-0.05, 0) is 30.2 Å². The number of benzene rings is 1. The third-order valence-corrected chi connectivity index (χ3v) is 3.39. The van der Waals surface area contributed by atoms with Crippen molar-refractivity contribution in [1.82, 2.24) is 5.32 Å². The SMILES string of the molecule is CC(CN)CNC(=O)Cc1ccc(Cl)cc1Br. The second kappa shape index (κ2) is 6.99. The molecule has 1 aromatic rings. The van der Waals surface area contributed by atoms with E-state index in [2.05, 4.69) is 21.2 Å². The molecule has 0 aliphatic rings. The van der Waals surface area contributed by atoms with Gasteiger partial charge in [-0.25, -0.2) is 0 Å². The van der Waals surface area contributed by atoms with E-state index in [4.69, 9.17) is 17.3 Å². The summed E-state index contributed by atoms with van der Waals surface area (Å²) in [4.78, 5) is 11.7. The van der Waals surface area contributed by atoms with Gasteiger partial charge in [0.1, 0.15) is 0 Å². The highest BCUT2D eigenvalue weighted by Crippen LogP contribution is 2.21. The molecule has 1 rings (SSSR count). The molecule has 3 nitrogen and oxygen atoms in total. The molecule has 17 heavy (non-hydrogen) atoms. The van der Waals surface area contributed by atoms with E-state index >= 15 is 0 Å². The lowest BCUT2D eigenvalue weighted by atomic mass is 10.1. The fourth-order valence-corrected chi connectivity index (χ4v) is 2.09. The number of halogens is 2. The van der Waals surface area contributed by atoms with Gasteiger partial charge in [0.15, 0.2) is 0 Å². The van der Waals surface area contributed by atoms with Crippen molar-refractivity contribution in [3.05, 3.63) is 33.3 Å². The van der Waals surface area contributed by atoms with Gasteiger partial charge in [-0.3, -0.25) is 4.79 Å². The molecular formula is C12H16BrClN2O. The molecule has 0 aliphatic heterocycles. The molecule has 0 aromatic heterocycles. The Kier molecular flexibility index (Phi) is 5.95. The van der Waals surface area contributed by atoms with E-state index in [0.29, 0.717) is 30.5 Å². The van der Waals surface area contributed by atoms with Crippen LogP contribution in [0, 0.1) is 5.92 Å². The monoisotopic (exact) mass is 318 g/mol. The van der Waals surface area contributed by atoms with Crippen LogP contribution in [0.5, 0.6) is 0 Å². The molecule has 0 aliphatic carbocycles. The largest absolute Gasteiger partial charge is 0.355 e. The molecule has 1 aromatic carbocycles. The fraction of sp³-hybridized carbons (Fsp3) is 0.417. The summed E-state index contributed by atoms with van der Waals surface area (Å²) in [7, 11) is 0. The minimum atomic E-state index is -0.00618. The van der Waals surface area contributed by atoms with Crippen molar-refractivity contribution >= 4 is 33.4 Å². The van der Waals surface area contributed by atoms with Gasteiger partial charge < -0.3 is 11.1 Å². The van der Waals surface area contributed by atoms with Crippen LogP contribution in [0.15, 0.2) is 22.7 Å². The van der Waals surface area contributed by atoms with Crippen molar-refractivity contribution in [2.75, 3.05) is 13.1 Å². The second-order valence-corrected chi connectivity index (χ2v) is 5.35. The molecule has 0 spiro atoms. The maximum absolute atomic E-state index is 11.7. The first-order valence-corrected chi connectivity index (χ1v) is 6.60. The average Bonchev–Trinajstić information content (AvgIpc) is 2.29. The normalized spacial score (nSPS) is 12.2. The Morgan fingerprint density at radius 3 is 2.88 bits per heavy atom. The maximum Gasteiger partial charge on any atom is 0.224 e. The number of carbonyl (C=O) groups excluding carboxylic acids is 1. The fourth-order valence-electron chi connectivity index (χ4n) is 1.27. The number of hydrogen-bond donors (Lipinski definition) is 2. The lowest BCUT2D eigenvalue weighted by Crippen LogP contribution is -2.32. The summed E-state index contributed by atoms with van der Waals surface area (Å²) in [5.74, 6) is 0.293. The third kappa shape index (κ3) is 5.06. The quantitative estimate of drug-likeness (QED) is 0.875. The lowest BCUT2D eigenvalue weighted by Gasteiger charge is -2.10. The summed E-state index contributed by atoms with van der Waals surface area (Å²) in [5, 5.41) is 3.50. The van der Waals surface area contributed by atoms with Crippen LogP contribution in [0.2, 0.25) is 5.02 Å². The highest BCUT2D eigenvalue weighted by molar-refractivity contribution is 9.10. The summed E-state index contributed by atoms with van der Waals surface area (Å²) in [6, 6.07) is 5.41. The van der Waals surface area contributed by atoms with Gasteiger partial charge in [-0.1, -0.05) is 40.5 Å². The van der Waals surface area contributed by atoms with Crippen LogP contribution in [-0.4, -0.2) is 19.0 Å². The van der Waals surface area contributed by atoms with Gasteiger partial charge in [0.25, 0.3) is 0 Å². The Bertz CT molecular complexity index is 398. The maximum atomic E-state index is 11.7. The number of hydrogen-bond acceptors (Lipinski definition) is 2. The van der Waals surface area contributed by atoms with Crippen LogP contribution in [-0.2, 0) is 11.2 Å². The minimum absolute atomic E-state index is 0.00618. The molecular weight excluding hydrogens is 304 g/mol. The highest BCUT2D eigenvalue weighted by Gasteiger charge is 2.08. The van der Waals surface area contributed by atoms with Gasteiger partial charge in [0, 0.05) is 16.0 Å². The molecule has 0 saturated heterocycles. The van der Waals surface area contributed by atoms with E-state index in [1.807, 2.05) is 13.0 Å². The molecule has 1 atom stereocenters. The molecule has 0 fully saturated rings. The summed E-state index contributed by atoms with van der Waals surface area (Å²) < 4.78 is 0.854. The van der Waals surface area contributed by atoms with E-state index in [9.17, 15) is 4.79 Å². The van der Waals surface area contributed by atoms with Crippen LogP contribution >= 0.6 is 27.5 Å². The number of nitrogens with one attached hydrogen (secondary N) is 1. The zero-order valence-electron chi connectivity index (χ0n) is 9.67. The first-order chi connectivity index (χ1) is 8.02. The first-order valence-electron chi connectivity index (χ1n) is 5.43. The van der Waals surface area contributed by atoms with Gasteiger partial charge in [0.05, 0.1) is 6.42 Å². The molecule has 0 bridgehead atoms. The van der Waals surface area contributed by atoms with Gasteiger partial charge >= 0.3 is 0 Å². The first kappa shape index (κ1) is 14.5. The van der Waals surface area contributed by atoms with Crippen molar-refractivity contribution in [3.63, 3.8) is 0 Å². The molecule has 0 saturated carbocycles. The molecule has 5 heteroatoms. The Morgan fingerprint density at radius 1 is 1.59 bits per heavy atom. The van der Waals surface area contributed by atoms with Crippen molar-refractivity contribution < 1.29 is 4.79 Å². The van der Waals surface area contributed by atoms with Crippen LogP contribution in [0.4, 0.5) is 0 Å². The minimum Gasteiger partial charge on any atom is -0.355 e. The van der Waals surface area contributed by atoms with E-state index in [1.165, 1.54) is 0 Å². The van der Waals surface area contributed by atoms with Crippen LogP contribution in [0.3, 0.4) is 0 Å². The predicted molar refractivity (Wildman–Crippen MR) is 74.1 cm³/mol. The van der Waals surface area contributed by atoms with Crippen molar-refractivity contribution in [2.45, 2.75) is 13.3 Å². The van der Waals surface area contributed by atoms with E-state index < -0.39 is 0 Å². The van der Waals surface area contributed by atoms with E-state index in [-0.39, 0.29) is 5.91 Å². The summed E-state index contributed by atoms with van der Waals surface area (Å²) in [5.41, 5.74) is 6.40. The predicted octanol–water partition coefficient (Wildman–Crippen LogP) is 2.36. The molecule has 3 N–H and O–H groups in total. The molecule has 1 amide bonds. The Balaban J connectivity index is 2.50. The van der Waals surface area contributed by atoms with Gasteiger partial charge in [0.2, 0.25) is 5.91 Å². The second-order valence-electron chi connectivity index (χ2n) is 4.06. The van der Waals surface area contributed by atoms with Crippen LogP contribution in [0.1, 0.15) is 12.5 Å². The Morgan fingerprint density at radius 2 is 2.29 bits per heavy atom. The Labute approximate surface area is 115 Å². The summed E-state index contributed by atoms with van der Waals surface area (Å²) in [6.45, 7) is 3.18. The molecule has 1 unspecified atom stereocenters. The standard InChI is InChI=1S/C12H16BrClN2O/c1-8(6-15)7-16-12(17)4-9-2-3-10(14)5-11(9)13/h2-3,5,8H,4,6-7,15H2,1H3,(H,16,17). The molecule has 94 valence electrons. The van der Waals surface area contributed by atoms with Crippen LogP contribution in [0.25, 0.3) is 0 Å². The van der Waals surface area contributed by atoms with Gasteiger partial charge in [-0.15, -0.1) is 0 Å². The number of rotatable bonds is 5. The summed E-state index contributed by atoms with van der Waals surface area (Å²) >= 11 is 9.22. The average molecular weight is 320 g/mol. The smallest absolute Gasteiger partial charge is 0.224 e. The zero-order valence-corrected chi connectivity index (χ0v) is 12.0. The number of carbonyl (C=O) groups is 1. The number of amides is 1. The van der Waals surface area contributed by atoms with Gasteiger partial charge in [-0.2, -0.15) is 0 Å². The molecule has 0 heterocycles. The van der Waals surface area contributed by atoms with Crippen molar-refractivity contribution in [2.24, 2.45) is 11.7 Å². The Hall–Kier alpha value is -0.580. The topological polar surface area (TPSA) is 55.1 Å². The number of nitrogens with two attached hydrogens (primary N) is 1. The highest BCUT2D eigenvalue weighted by atomic mass is 79.9.